The van der Waals surface area contributed by atoms with Gasteiger partial charge in [-0.3, -0.25) is 9.59 Å². The Bertz CT molecular complexity index is 1800. The maximum Gasteiger partial charge on any atom is 0.337 e. The highest BCUT2D eigenvalue weighted by Gasteiger charge is 2.26. The number of hydrogen-bond donors (Lipinski definition) is 1. The molecule has 2 aromatic heterocycles. The Balaban J connectivity index is 0.000000197. The summed E-state index contributed by atoms with van der Waals surface area (Å²) in [6, 6.07) is 11.4. The molecule has 0 unspecified atom stereocenters. The lowest BCUT2D eigenvalue weighted by atomic mass is 9.84. The lowest BCUT2D eigenvalue weighted by Gasteiger charge is -2.22. The van der Waals surface area contributed by atoms with Crippen LogP contribution in [0.1, 0.15) is 122 Å². The summed E-state index contributed by atoms with van der Waals surface area (Å²) in [5.74, 6) is 0.736. The molecule has 6 rings (SSSR count). The van der Waals surface area contributed by atoms with Gasteiger partial charge in [-0.15, -0.1) is 0 Å². The van der Waals surface area contributed by atoms with E-state index in [0.29, 0.717) is 34.8 Å². The molecule has 4 aromatic rings. The number of halogens is 3. The molecule has 1 N–H and O–H groups in total. The number of Topliss-reactive ketones (excluding diaryl/α,β-unsaturated/α-hetero) is 2. The van der Waals surface area contributed by atoms with E-state index in [-0.39, 0.29) is 23.5 Å². The molecule has 0 atom stereocenters. The quantitative estimate of drug-likeness (QED) is 0.146. The average molecular weight is 865 g/mol. The van der Waals surface area contributed by atoms with Crippen molar-refractivity contribution in [2.75, 3.05) is 19.5 Å². The van der Waals surface area contributed by atoms with Crippen molar-refractivity contribution < 1.29 is 28.7 Å². The molecule has 0 spiro atoms. The van der Waals surface area contributed by atoms with Crippen LogP contribution < -0.4 is 0 Å². The predicted molar refractivity (Wildman–Crippen MR) is 205 cm³/mol. The Morgan fingerprint density at radius 1 is 0.735 bits per heavy atom. The van der Waals surface area contributed by atoms with Crippen molar-refractivity contribution in [3.8, 4) is 0 Å². The number of carbonyl (C=O) groups excluding carboxylic acids is 4. The van der Waals surface area contributed by atoms with E-state index in [1.54, 1.807) is 6.92 Å². The standard InChI is InChI=1S/C19H22BrNO3.C16H18BrNO2.C3H5BrO/c1-12(22)11-21-16-10-14(19(23)24-2)8-9-15(16)17(18(21)20)13-6-4-3-5-7-13;1-20-16(19)11-7-8-12-13(9-11)18-15(17)14(12)10-5-3-2-4-6-10;1-3(5)2-4/h8-10,13H,3-7,11H2,1-2H3;7-10,18H,2-6H2,1H3;2H2,1H3. The Labute approximate surface area is 313 Å². The maximum atomic E-state index is 11.9. The molecule has 0 aliphatic heterocycles. The van der Waals surface area contributed by atoms with Gasteiger partial charge in [0.1, 0.15) is 11.6 Å². The zero-order chi connectivity index (χ0) is 35.7. The number of rotatable bonds is 7. The van der Waals surface area contributed by atoms with Crippen molar-refractivity contribution in [2.24, 2.45) is 0 Å². The second-order valence-electron chi connectivity index (χ2n) is 12.8. The summed E-state index contributed by atoms with van der Waals surface area (Å²) < 4.78 is 13.6. The first kappa shape index (κ1) is 39.0. The molecule has 2 aromatic carbocycles. The van der Waals surface area contributed by atoms with Gasteiger partial charge in [-0.2, -0.15) is 0 Å². The van der Waals surface area contributed by atoms with Gasteiger partial charge in [0.2, 0.25) is 0 Å². The average Bonchev–Trinajstić information content (AvgIpc) is 3.59. The van der Waals surface area contributed by atoms with Crippen LogP contribution in [0.3, 0.4) is 0 Å². The molecule has 264 valence electrons. The number of H-pyrrole nitrogens is 1. The molecule has 2 saturated carbocycles. The van der Waals surface area contributed by atoms with E-state index in [1.807, 2.05) is 41.0 Å². The number of ether oxygens (including phenoxy) is 2. The highest BCUT2D eigenvalue weighted by Crippen LogP contribution is 2.43. The minimum Gasteiger partial charge on any atom is -0.465 e. The van der Waals surface area contributed by atoms with Gasteiger partial charge in [0, 0.05) is 16.3 Å². The smallest absolute Gasteiger partial charge is 0.337 e. The minimum absolute atomic E-state index is 0.0891. The topological polar surface area (TPSA) is 107 Å². The van der Waals surface area contributed by atoms with Crippen molar-refractivity contribution in [3.05, 3.63) is 67.9 Å². The number of benzene rings is 2. The Hall–Kier alpha value is -2.76. The monoisotopic (exact) mass is 862 g/mol. The summed E-state index contributed by atoms with van der Waals surface area (Å²) >= 11 is 10.3. The van der Waals surface area contributed by atoms with Gasteiger partial charge >= 0.3 is 11.9 Å². The van der Waals surface area contributed by atoms with E-state index in [4.69, 9.17) is 9.47 Å². The molecule has 0 saturated heterocycles. The maximum absolute atomic E-state index is 11.9. The summed E-state index contributed by atoms with van der Waals surface area (Å²) in [7, 11) is 2.79. The number of esters is 2. The molecule has 2 aliphatic carbocycles. The Kier molecular flexibility index (Phi) is 14.7. The molecule has 2 heterocycles. The molecule has 0 radical (unpaired) electrons. The number of carbonyl (C=O) groups is 4. The third-order valence-corrected chi connectivity index (χ3v) is 11.5. The first-order valence-corrected chi connectivity index (χ1v) is 19.6. The number of hydrogen-bond acceptors (Lipinski definition) is 6. The summed E-state index contributed by atoms with van der Waals surface area (Å²) in [5, 5.41) is 2.83. The van der Waals surface area contributed by atoms with E-state index >= 15 is 0 Å². The van der Waals surface area contributed by atoms with E-state index < -0.39 is 0 Å². The van der Waals surface area contributed by atoms with Crippen LogP contribution in [0.5, 0.6) is 0 Å². The first-order chi connectivity index (χ1) is 23.5. The SMILES string of the molecule is CC(=O)CBr.COC(=O)c1ccc2c(C3CCCCC3)c(Br)[nH]c2c1.COC(=O)c1ccc2c(C3CCCCC3)c(Br)n(CC(C)=O)c2c1. The normalized spacial score (nSPS) is 15.2. The highest BCUT2D eigenvalue weighted by atomic mass is 79.9. The van der Waals surface area contributed by atoms with Crippen molar-refractivity contribution in [1.82, 2.24) is 9.55 Å². The fraction of sp³-hybridized carbons (Fsp3) is 0.474. The number of methoxy groups -OCH3 is 2. The Morgan fingerprint density at radius 2 is 1.22 bits per heavy atom. The van der Waals surface area contributed by atoms with Crippen molar-refractivity contribution >= 4 is 93.1 Å². The molecule has 8 nitrogen and oxygen atoms in total. The first-order valence-electron chi connectivity index (χ1n) is 16.8. The van der Waals surface area contributed by atoms with Gasteiger partial charge < -0.3 is 19.0 Å². The predicted octanol–water partition coefficient (Wildman–Crippen LogP) is 10.6. The fourth-order valence-corrected chi connectivity index (χ4v) is 8.57. The molecule has 0 bridgehead atoms. The summed E-state index contributed by atoms with van der Waals surface area (Å²) in [5.41, 5.74) is 5.67. The van der Waals surface area contributed by atoms with Crippen molar-refractivity contribution in [3.63, 3.8) is 0 Å². The lowest BCUT2D eigenvalue weighted by molar-refractivity contribution is -0.117. The van der Waals surface area contributed by atoms with Crippen LogP contribution in [-0.4, -0.2) is 52.6 Å². The molecular formula is C38H45Br3N2O6. The molecule has 2 aliphatic rings. The van der Waals surface area contributed by atoms with Gasteiger partial charge in [0.15, 0.2) is 0 Å². The van der Waals surface area contributed by atoms with E-state index in [0.717, 1.165) is 25.6 Å². The van der Waals surface area contributed by atoms with Gasteiger partial charge in [0.05, 0.1) is 51.9 Å². The van der Waals surface area contributed by atoms with E-state index in [1.165, 1.54) is 102 Å². The van der Waals surface area contributed by atoms with Crippen LogP contribution in [-0.2, 0) is 25.6 Å². The highest BCUT2D eigenvalue weighted by molar-refractivity contribution is 9.10. The number of alkyl halides is 1. The van der Waals surface area contributed by atoms with Crippen LogP contribution in [0.25, 0.3) is 21.8 Å². The van der Waals surface area contributed by atoms with E-state index in [9.17, 15) is 19.2 Å². The van der Waals surface area contributed by atoms with E-state index in [2.05, 4.69) is 52.8 Å². The third kappa shape index (κ3) is 9.73. The molecular weight excluding hydrogens is 820 g/mol. The number of nitrogens with zero attached hydrogens (tertiary/aromatic N) is 1. The summed E-state index contributed by atoms with van der Waals surface area (Å²) in [6.45, 7) is 3.42. The number of aromatic nitrogens is 2. The molecule has 2 fully saturated rings. The summed E-state index contributed by atoms with van der Waals surface area (Å²) in [4.78, 5) is 48.3. The Morgan fingerprint density at radius 3 is 1.71 bits per heavy atom. The molecule has 11 heteroatoms. The summed E-state index contributed by atoms with van der Waals surface area (Å²) in [6.07, 6.45) is 12.6. The van der Waals surface area contributed by atoms with Crippen LogP contribution in [0.2, 0.25) is 0 Å². The van der Waals surface area contributed by atoms with Crippen LogP contribution >= 0.6 is 47.8 Å². The minimum atomic E-state index is -0.359. The van der Waals surface area contributed by atoms with Gasteiger partial charge in [-0.05, 0) is 119 Å². The van der Waals surface area contributed by atoms with Crippen LogP contribution in [0.4, 0.5) is 0 Å². The fourth-order valence-electron chi connectivity index (χ4n) is 6.97. The lowest BCUT2D eigenvalue weighted by Crippen LogP contribution is -2.08. The molecule has 0 amide bonds. The second-order valence-corrected chi connectivity index (χ2v) is 14.9. The number of fused-ring (bicyclic) bond motifs is 2. The van der Waals surface area contributed by atoms with Crippen molar-refractivity contribution in [1.29, 1.82) is 0 Å². The van der Waals surface area contributed by atoms with Gasteiger partial charge in [-0.25, -0.2) is 9.59 Å². The number of nitrogens with one attached hydrogen (secondary N) is 1. The van der Waals surface area contributed by atoms with Crippen LogP contribution in [0, 0.1) is 0 Å². The van der Waals surface area contributed by atoms with Gasteiger partial charge in [-0.1, -0.05) is 66.6 Å². The zero-order valence-corrected chi connectivity index (χ0v) is 33.4. The van der Waals surface area contributed by atoms with Gasteiger partial charge in [0.25, 0.3) is 0 Å². The second kappa shape index (κ2) is 18.5. The zero-order valence-electron chi connectivity index (χ0n) is 28.6. The third-order valence-electron chi connectivity index (χ3n) is 9.27. The number of ketones is 2. The van der Waals surface area contributed by atoms with Crippen LogP contribution in [0.15, 0.2) is 45.6 Å². The number of aromatic amines is 1. The largest absolute Gasteiger partial charge is 0.465 e. The van der Waals surface area contributed by atoms with Crippen molar-refractivity contribution in [2.45, 2.75) is 96.4 Å². The molecule has 49 heavy (non-hydrogen) atoms.